The van der Waals surface area contributed by atoms with E-state index in [1.54, 1.807) is 0 Å². The van der Waals surface area contributed by atoms with Crippen molar-refractivity contribution in [3.63, 3.8) is 0 Å². The molecule has 2 atom stereocenters. The van der Waals surface area contributed by atoms with Crippen molar-refractivity contribution in [3.8, 4) is 0 Å². The lowest BCUT2D eigenvalue weighted by Gasteiger charge is -2.23. The zero-order chi connectivity index (χ0) is 6.10. The number of fused-ring (bicyclic) bond motifs is 1. The second-order valence-corrected chi connectivity index (χ2v) is 4.12. The quantitative estimate of drug-likeness (QED) is 0.545. The highest BCUT2D eigenvalue weighted by molar-refractivity contribution is 7.99. The highest BCUT2D eigenvalue weighted by Crippen LogP contribution is 2.28. The van der Waals surface area contributed by atoms with Gasteiger partial charge in [-0.1, -0.05) is 0 Å². The van der Waals surface area contributed by atoms with Gasteiger partial charge in [-0.25, -0.2) is 0 Å². The molecule has 1 N–H and O–H groups in total. The number of hydrogen-bond donors (Lipinski definition) is 1. The molecule has 0 radical (unpaired) electrons. The van der Waals surface area contributed by atoms with E-state index in [0.717, 1.165) is 12.0 Å². The van der Waals surface area contributed by atoms with Crippen LogP contribution in [-0.2, 0) is 0 Å². The first kappa shape index (κ1) is 6.05. The van der Waals surface area contributed by atoms with Crippen LogP contribution >= 0.6 is 11.8 Å². The third-order valence-electron chi connectivity index (χ3n) is 2.40. The van der Waals surface area contributed by atoms with E-state index in [-0.39, 0.29) is 0 Å². The van der Waals surface area contributed by atoms with E-state index in [0.29, 0.717) is 0 Å². The zero-order valence-corrected chi connectivity index (χ0v) is 6.41. The van der Waals surface area contributed by atoms with Gasteiger partial charge in [-0.3, -0.25) is 0 Å². The summed E-state index contributed by atoms with van der Waals surface area (Å²) in [6.45, 7) is 1.27. The molecule has 9 heavy (non-hydrogen) atoms. The second kappa shape index (κ2) is 2.51. The molecule has 1 nitrogen and oxygen atoms in total. The molecular weight excluding hydrogens is 130 g/mol. The summed E-state index contributed by atoms with van der Waals surface area (Å²) in [4.78, 5) is 0. The van der Waals surface area contributed by atoms with Crippen LogP contribution in [0.4, 0.5) is 0 Å². The van der Waals surface area contributed by atoms with E-state index >= 15 is 0 Å². The first-order chi connectivity index (χ1) is 4.47. The molecule has 2 fully saturated rings. The van der Waals surface area contributed by atoms with E-state index in [9.17, 15) is 0 Å². The minimum atomic E-state index is 0.895. The topological polar surface area (TPSA) is 12.0 Å². The van der Waals surface area contributed by atoms with Gasteiger partial charge in [0.15, 0.2) is 0 Å². The van der Waals surface area contributed by atoms with Crippen molar-refractivity contribution in [2.24, 2.45) is 5.92 Å². The Bertz CT molecular complexity index is 93.1. The molecule has 2 saturated heterocycles. The molecule has 0 bridgehead atoms. The number of rotatable bonds is 0. The zero-order valence-electron chi connectivity index (χ0n) is 5.60. The summed E-state index contributed by atoms with van der Waals surface area (Å²) in [7, 11) is 0. The van der Waals surface area contributed by atoms with Crippen molar-refractivity contribution < 1.29 is 0 Å². The number of nitrogens with one attached hydrogen (secondary N) is 1. The predicted molar refractivity (Wildman–Crippen MR) is 41.8 cm³/mol. The molecule has 2 heteroatoms. The second-order valence-electron chi connectivity index (χ2n) is 2.97. The minimum absolute atomic E-state index is 0.895. The summed E-state index contributed by atoms with van der Waals surface area (Å²) < 4.78 is 0. The first-order valence-electron chi connectivity index (χ1n) is 3.78. The highest BCUT2D eigenvalue weighted by Gasteiger charge is 2.28. The van der Waals surface area contributed by atoms with E-state index in [1.165, 1.54) is 30.9 Å². The third kappa shape index (κ3) is 1.10. The molecule has 0 amide bonds. The van der Waals surface area contributed by atoms with E-state index < -0.39 is 0 Å². The van der Waals surface area contributed by atoms with Crippen LogP contribution in [0, 0.1) is 5.92 Å². The molecule has 0 aromatic carbocycles. The van der Waals surface area contributed by atoms with E-state index in [1.807, 2.05) is 0 Å². The summed E-state index contributed by atoms with van der Waals surface area (Å²) in [5.74, 6) is 3.81. The monoisotopic (exact) mass is 143 g/mol. The van der Waals surface area contributed by atoms with Gasteiger partial charge in [0.05, 0.1) is 0 Å². The van der Waals surface area contributed by atoms with Crippen LogP contribution in [0.25, 0.3) is 0 Å². The van der Waals surface area contributed by atoms with Gasteiger partial charge in [0.25, 0.3) is 0 Å². The van der Waals surface area contributed by atoms with Crippen LogP contribution in [0.1, 0.15) is 12.8 Å². The molecule has 0 aromatic rings. The van der Waals surface area contributed by atoms with Crippen molar-refractivity contribution in [2.45, 2.75) is 18.9 Å². The molecule has 2 heterocycles. The lowest BCUT2D eigenvalue weighted by molar-refractivity contribution is 0.468. The Morgan fingerprint density at radius 1 is 1.33 bits per heavy atom. The Hall–Kier alpha value is 0.310. The van der Waals surface area contributed by atoms with E-state index in [2.05, 4.69) is 17.1 Å². The maximum absolute atomic E-state index is 3.55. The van der Waals surface area contributed by atoms with Crippen LogP contribution in [0.2, 0.25) is 0 Å². The molecule has 2 aliphatic heterocycles. The summed E-state index contributed by atoms with van der Waals surface area (Å²) in [6, 6.07) is 0.895. The lowest BCUT2D eigenvalue weighted by atomic mass is 10.0. The fourth-order valence-corrected chi connectivity index (χ4v) is 3.09. The standard InChI is InChI=1S/C7H13NS/c1-3-8-7-2-4-9-5-6(1)7/h6-8H,1-5H2/t6-,7-/m0/s1. The largest absolute Gasteiger partial charge is 0.314 e. The molecule has 0 saturated carbocycles. The Morgan fingerprint density at radius 3 is 3.22 bits per heavy atom. The van der Waals surface area contributed by atoms with Gasteiger partial charge in [-0.15, -0.1) is 0 Å². The van der Waals surface area contributed by atoms with Crippen molar-refractivity contribution in [1.29, 1.82) is 0 Å². The number of thioether (sulfide) groups is 1. The van der Waals surface area contributed by atoms with Crippen LogP contribution in [0.5, 0.6) is 0 Å². The molecule has 0 aliphatic carbocycles. The van der Waals surface area contributed by atoms with Crippen LogP contribution in [0.15, 0.2) is 0 Å². The van der Waals surface area contributed by atoms with Crippen molar-refractivity contribution in [2.75, 3.05) is 18.1 Å². The highest BCUT2D eigenvalue weighted by atomic mass is 32.2. The summed E-state index contributed by atoms with van der Waals surface area (Å²) in [5.41, 5.74) is 0. The Balaban J connectivity index is 1.97. The molecule has 0 spiro atoms. The predicted octanol–water partition coefficient (Wildman–Crippen LogP) is 1.10. The maximum atomic E-state index is 3.55. The third-order valence-corrected chi connectivity index (χ3v) is 3.58. The molecule has 0 unspecified atom stereocenters. The SMILES string of the molecule is C1C[C@H]2CSCC[C@@H]2N1. The summed E-state index contributed by atoms with van der Waals surface area (Å²) >= 11 is 2.13. The number of hydrogen-bond acceptors (Lipinski definition) is 2. The van der Waals surface area contributed by atoms with Gasteiger partial charge >= 0.3 is 0 Å². The lowest BCUT2D eigenvalue weighted by Crippen LogP contribution is -2.31. The van der Waals surface area contributed by atoms with Crippen LogP contribution in [0.3, 0.4) is 0 Å². The van der Waals surface area contributed by atoms with Gasteiger partial charge in [0, 0.05) is 6.04 Å². The van der Waals surface area contributed by atoms with Gasteiger partial charge in [-0.05, 0) is 36.8 Å². The van der Waals surface area contributed by atoms with Crippen LogP contribution in [-0.4, -0.2) is 24.1 Å². The Labute approximate surface area is 60.6 Å². The molecule has 0 aromatic heterocycles. The van der Waals surface area contributed by atoms with Crippen molar-refractivity contribution in [3.05, 3.63) is 0 Å². The molecular formula is C7H13NS. The summed E-state index contributed by atoms with van der Waals surface area (Å²) in [6.07, 6.45) is 2.84. The van der Waals surface area contributed by atoms with E-state index in [4.69, 9.17) is 0 Å². The van der Waals surface area contributed by atoms with Gasteiger partial charge in [0.1, 0.15) is 0 Å². The smallest absolute Gasteiger partial charge is 0.0111 e. The minimum Gasteiger partial charge on any atom is -0.314 e. The Morgan fingerprint density at radius 2 is 2.33 bits per heavy atom. The van der Waals surface area contributed by atoms with Gasteiger partial charge < -0.3 is 5.32 Å². The fourth-order valence-electron chi connectivity index (χ4n) is 1.80. The van der Waals surface area contributed by atoms with Gasteiger partial charge in [0.2, 0.25) is 0 Å². The fraction of sp³-hybridized carbons (Fsp3) is 1.00. The average molecular weight is 143 g/mol. The first-order valence-corrected chi connectivity index (χ1v) is 4.93. The molecule has 2 rings (SSSR count). The van der Waals surface area contributed by atoms with Gasteiger partial charge in [-0.2, -0.15) is 11.8 Å². The van der Waals surface area contributed by atoms with Crippen molar-refractivity contribution in [1.82, 2.24) is 5.32 Å². The normalized spacial score (nSPS) is 42.7. The summed E-state index contributed by atoms with van der Waals surface area (Å²) in [5, 5.41) is 3.55. The average Bonchev–Trinajstić information content (AvgIpc) is 2.33. The van der Waals surface area contributed by atoms with Crippen molar-refractivity contribution >= 4 is 11.8 Å². The van der Waals surface area contributed by atoms with Crippen LogP contribution < -0.4 is 5.32 Å². The molecule has 2 aliphatic rings. The molecule has 52 valence electrons. The Kier molecular flexibility index (Phi) is 1.68. The maximum Gasteiger partial charge on any atom is 0.0111 e.